The second kappa shape index (κ2) is 8.14. The van der Waals surface area contributed by atoms with Gasteiger partial charge in [0, 0.05) is 11.7 Å². The van der Waals surface area contributed by atoms with E-state index in [2.05, 4.69) is 5.32 Å². The number of nitrogens with one attached hydrogen (secondary N) is 1. The van der Waals surface area contributed by atoms with E-state index < -0.39 is 12.0 Å². The lowest BCUT2D eigenvalue weighted by molar-refractivity contribution is -0.138. The first kappa shape index (κ1) is 16.8. The fourth-order valence-electron chi connectivity index (χ4n) is 1.79. The lowest BCUT2D eigenvalue weighted by Crippen LogP contribution is -2.44. The number of amides is 2. The van der Waals surface area contributed by atoms with E-state index in [-0.39, 0.29) is 12.6 Å². The molecule has 0 aromatic heterocycles. The molecule has 1 aromatic rings. The topological polar surface area (TPSA) is 78.9 Å². The molecule has 0 aliphatic carbocycles. The summed E-state index contributed by atoms with van der Waals surface area (Å²) in [4.78, 5) is 24.3. The SMILES string of the molecule is CCOc1ccc(NC(=O)N(CC(=O)O)C(C)CC)cc1. The molecule has 1 atom stereocenters. The average Bonchev–Trinajstić information content (AvgIpc) is 2.46. The Morgan fingerprint density at radius 1 is 1.29 bits per heavy atom. The van der Waals surface area contributed by atoms with Gasteiger partial charge in [-0.25, -0.2) is 4.79 Å². The molecule has 21 heavy (non-hydrogen) atoms. The third-order valence-electron chi connectivity index (χ3n) is 3.11. The highest BCUT2D eigenvalue weighted by atomic mass is 16.5. The van der Waals surface area contributed by atoms with E-state index in [0.717, 1.165) is 5.75 Å². The summed E-state index contributed by atoms with van der Waals surface area (Å²) in [5, 5.41) is 11.6. The maximum atomic E-state index is 12.2. The molecule has 1 unspecified atom stereocenters. The number of carboxylic acids is 1. The van der Waals surface area contributed by atoms with Crippen molar-refractivity contribution in [1.29, 1.82) is 0 Å². The van der Waals surface area contributed by atoms with Crippen LogP contribution in [0.3, 0.4) is 0 Å². The lowest BCUT2D eigenvalue weighted by Gasteiger charge is -2.27. The minimum Gasteiger partial charge on any atom is -0.494 e. The summed E-state index contributed by atoms with van der Waals surface area (Å²) < 4.78 is 5.32. The molecule has 1 aromatic carbocycles. The van der Waals surface area contributed by atoms with Gasteiger partial charge in [-0.3, -0.25) is 4.79 Å². The maximum Gasteiger partial charge on any atom is 0.323 e. The summed E-state index contributed by atoms with van der Waals surface area (Å²) in [5.41, 5.74) is 0.599. The van der Waals surface area contributed by atoms with Crippen molar-refractivity contribution in [3.63, 3.8) is 0 Å². The largest absolute Gasteiger partial charge is 0.494 e. The van der Waals surface area contributed by atoms with E-state index >= 15 is 0 Å². The number of benzene rings is 1. The Bertz CT molecular complexity index is 473. The van der Waals surface area contributed by atoms with E-state index in [1.165, 1.54) is 4.90 Å². The second-order valence-electron chi connectivity index (χ2n) is 4.67. The summed E-state index contributed by atoms with van der Waals surface area (Å²) >= 11 is 0. The van der Waals surface area contributed by atoms with Crippen molar-refractivity contribution in [2.24, 2.45) is 0 Å². The van der Waals surface area contributed by atoms with Gasteiger partial charge in [0.1, 0.15) is 12.3 Å². The predicted molar refractivity (Wildman–Crippen MR) is 80.7 cm³/mol. The third kappa shape index (κ3) is 5.33. The lowest BCUT2D eigenvalue weighted by atomic mass is 10.2. The van der Waals surface area contributed by atoms with Gasteiger partial charge in [-0.15, -0.1) is 0 Å². The number of nitrogens with zero attached hydrogens (tertiary/aromatic N) is 1. The smallest absolute Gasteiger partial charge is 0.323 e. The summed E-state index contributed by atoms with van der Waals surface area (Å²) in [7, 11) is 0. The number of anilines is 1. The Kier molecular flexibility index (Phi) is 6.52. The zero-order chi connectivity index (χ0) is 15.8. The molecular weight excluding hydrogens is 272 g/mol. The molecule has 116 valence electrons. The molecule has 6 heteroatoms. The van der Waals surface area contributed by atoms with Crippen LogP contribution in [0, 0.1) is 0 Å². The highest BCUT2D eigenvalue weighted by Gasteiger charge is 2.21. The van der Waals surface area contributed by atoms with E-state index in [0.29, 0.717) is 18.7 Å². The first-order chi connectivity index (χ1) is 9.97. The van der Waals surface area contributed by atoms with Crippen LogP contribution >= 0.6 is 0 Å². The van der Waals surface area contributed by atoms with Gasteiger partial charge in [-0.05, 0) is 44.5 Å². The van der Waals surface area contributed by atoms with Crippen molar-refractivity contribution in [3.8, 4) is 5.75 Å². The van der Waals surface area contributed by atoms with Crippen molar-refractivity contribution < 1.29 is 19.4 Å². The molecule has 0 aliphatic heterocycles. The number of hydrogen-bond donors (Lipinski definition) is 2. The van der Waals surface area contributed by atoms with Crippen molar-refractivity contribution in [3.05, 3.63) is 24.3 Å². The maximum absolute atomic E-state index is 12.2. The molecule has 0 saturated carbocycles. The van der Waals surface area contributed by atoms with Crippen LogP contribution in [-0.2, 0) is 4.79 Å². The Morgan fingerprint density at radius 3 is 2.38 bits per heavy atom. The van der Waals surface area contributed by atoms with Crippen molar-refractivity contribution in [2.75, 3.05) is 18.5 Å². The van der Waals surface area contributed by atoms with Crippen LogP contribution in [0.2, 0.25) is 0 Å². The van der Waals surface area contributed by atoms with Gasteiger partial charge in [0.05, 0.1) is 6.61 Å². The van der Waals surface area contributed by atoms with Gasteiger partial charge >= 0.3 is 12.0 Å². The van der Waals surface area contributed by atoms with Crippen LogP contribution in [0.25, 0.3) is 0 Å². The Hall–Kier alpha value is -2.24. The number of carbonyl (C=O) groups is 2. The Morgan fingerprint density at radius 2 is 1.90 bits per heavy atom. The Balaban J connectivity index is 2.73. The Labute approximate surface area is 124 Å². The van der Waals surface area contributed by atoms with E-state index in [1.54, 1.807) is 24.3 Å². The van der Waals surface area contributed by atoms with Gasteiger partial charge in [-0.1, -0.05) is 6.92 Å². The minimum atomic E-state index is -1.03. The van der Waals surface area contributed by atoms with Crippen LogP contribution in [0.5, 0.6) is 5.75 Å². The van der Waals surface area contributed by atoms with E-state index in [1.807, 2.05) is 20.8 Å². The fourth-order valence-corrected chi connectivity index (χ4v) is 1.79. The number of aliphatic carboxylic acids is 1. The van der Waals surface area contributed by atoms with E-state index in [4.69, 9.17) is 9.84 Å². The summed E-state index contributed by atoms with van der Waals surface area (Å²) in [5.74, 6) is -0.308. The van der Waals surface area contributed by atoms with Crippen LogP contribution < -0.4 is 10.1 Å². The van der Waals surface area contributed by atoms with Gasteiger partial charge in [-0.2, -0.15) is 0 Å². The molecule has 2 N–H and O–H groups in total. The molecule has 6 nitrogen and oxygen atoms in total. The highest BCUT2D eigenvalue weighted by molar-refractivity contribution is 5.91. The van der Waals surface area contributed by atoms with Crippen molar-refractivity contribution >= 4 is 17.7 Å². The monoisotopic (exact) mass is 294 g/mol. The molecule has 0 bridgehead atoms. The number of carbonyl (C=O) groups excluding carboxylic acids is 1. The van der Waals surface area contributed by atoms with Gasteiger partial charge in [0.15, 0.2) is 0 Å². The van der Waals surface area contributed by atoms with Crippen molar-refractivity contribution in [2.45, 2.75) is 33.2 Å². The molecule has 1 rings (SSSR count). The zero-order valence-electron chi connectivity index (χ0n) is 12.6. The number of carboxylic acid groups (broad SMARTS) is 1. The predicted octanol–water partition coefficient (Wildman–Crippen LogP) is 2.80. The fraction of sp³-hybridized carbons (Fsp3) is 0.467. The number of hydrogen-bond acceptors (Lipinski definition) is 3. The van der Waals surface area contributed by atoms with Gasteiger partial charge in [0.2, 0.25) is 0 Å². The molecule has 0 heterocycles. The molecule has 2 amide bonds. The average molecular weight is 294 g/mol. The molecular formula is C15H22N2O4. The van der Waals surface area contributed by atoms with Crippen LogP contribution in [0.4, 0.5) is 10.5 Å². The summed E-state index contributed by atoms with van der Waals surface area (Å²) in [6, 6.07) is 6.38. The van der Waals surface area contributed by atoms with Crippen molar-refractivity contribution in [1.82, 2.24) is 4.90 Å². The zero-order valence-corrected chi connectivity index (χ0v) is 12.6. The van der Waals surface area contributed by atoms with Gasteiger partial charge in [0.25, 0.3) is 0 Å². The van der Waals surface area contributed by atoms with Gasteiger partial charge < -0.3 is 20.1 Å². The summed E-state index contributed by atoms with van der Waals surface area (Å²) in [6.07, 6.45) is 0.685. The van der Waals surface area contributed by atoms with Crippen LogP contribution in [-0.4, -0.2) is 41.2 Å². The second-order valence-corrected chi connectivity index (χ2v) is 4.67. The highest BCUT2D eigenvalue weighted by Crippen LogP contribution is 2.16. The molecule has 0 aliphatic rings. The number of ether oxygens (including phenoxy) is 1. The summed E-state index contributed by atoms with van der Waals surface area (Å²) in [6.45, 7) is 5.87. The third-order valence-corrected chi connectivity index (χ3v) is 3.11. The molecule has 0 radical (unpaired) electrons. The standard InChI is InChI=1S/C15H22N2O4/c1-4-11(3)17(10-14(18)19)15(20)16-12-6-8-13(9-7-12)21-5-2/h6-9,11H,4-5,10H2,1-3H3,(H,16,20)(H,18,19). The number of rotatable bonds is 7. The molecule has 0 fully saturated rings. The quantitative estimate of drug-likeness (QED) is 0.810. The normalized spacial score (nSPS) is 11.6. The number of urea groups is 1. The first-order valence-electron chi connectivity index (χ1n) is 7.00. The minimum absolute atomic E-state index is 0.149. The van der Waals surface area contributed by atoms with Crippen LogP contribution in [0.1, 0.15) is 27.2 Å². The molecule has 0 saturated heterocycles. The van der Waals surface area contributed by atoms with E-state index in [9.17, 15) is 9.59 Å². The first-order valence-corrected chi connectivity index (χ1v) is 7.00. The van der Waals surface area contributed by atoms with Crippen LogP contribution in [0.15, 0.2) is 24.3 Å². The molecule has 0 spiro atoms.